The van der Waals surface area contributed by atoms with Gasteiger partial charge in [-0.25, -0.2) is 0 Å². The Morgan fingerprint density at radius 2 is 1.96 bits per heavy atom. The van der Waals surface area contributed by atoms with Gasteiger partial charge in [0.2, 0.25) is 11.8 Å². The fourth-order valence-corrected chi connectivity index (χ4v) is 4.08. The quantitative estimate of drug-likeness (QED) is 0.825. The molecule has 1 saturated heterocycles. The van der Waals surface area contributed by atoms with Gasteiger partial charge in [0.15, 0.2) is 0 Å². The van der Waals surface area contributed by atoms with Crippen LogP contribution in [0.5, 0.6) is 5.75 Å². The van der Waals surface area contributed by atoms with E-state index in [2.05, 4.69) is 5.32 Å². The van der Waals surface area contributed by atoms with Crippen molar-refractivity contribution >= 4 is 29.1 Å². The Morgan fingerprint density at radius 1 is 1.24 bits per heavy atom. The summed E-state index contributed by atoms with van der Waals surface area (Å²) < 4.78 is 5.11. The second-order valence-corrected chi connectivity index (χ2v) is 7.34. The molecule has 1 unspecified atom stereocenters. The Labute approximate surface area is 153 Å². The van der Waals surface area contributed by atoms with Gasteiger partial charge in [-0.05, 0) is 31.0 Å². The number of ether oxygens (including phenoxy) is 1. The first-order chi connectivity index (χ1) is 12.1. The highest BCUT2D eigenvalue weighted by Gasteiger charge is 2.37. The first kappa shape index (κ1) is 18.1. The molecule has 2 aliphatic rings. The molecule has 1 aliphatic heterocycles. The minimum atomic E-state index is -0.295. The maximum Gasteiger partial charge on any atom is 0.229 e. The SMILES string of the molecule is COc1ccc(NC(=O)C2CC(=O)N(C3CCCCCC3)C2)cc1Cl. The summed E-state index contributed by atoms with van der Waals surface area (Å²) in [5.41, 5.74) is 0.621. The molecule has 25 heavy (non-hydrogen) atoms. The first-order valence-corrected chi connectivity index (χ1v) is 9.40. The third-order valence-corrected chi connectivity index (χ3v) is 5.51. The minimum absolute atomic E-state index is 0.111. The number of amides is 2. The highest BCUT2D eigenvalue weighted by atomic mass is 35.5. The largest absolute Gasteiger partial charge is 0.495 e. The fourth-order valence-electron chi connectivity index (χ4n) is 3.82. The lowest BCUT2D eigenvalue weighted by Crippen LogP contribution is -2.37. The average molecular weight is 365 g/mol. The Hall–Kier alpha value is -1.75. The number of anilines is 1. The summed E-state index contributed by atoms with van der Waals surface area (Å²) in [5.74, 6) is 0.261. The second kappa shape index (κ2) is 8.09. The maximum atomic E-state index is 12.6. The number of likely N-dealkylation sites (tertiary alicyclic amines) is 1. The molecular formula is C19H25ClN2O3. The van der Waals surface area contributed by atoms with E-state index < -0.39 is 0 Å². The van der Waals surface area contributed by atoms with Crippen molar-refractivity contribution in [2.24, 2.45) is 5.92 Å². The normalized spacial score (nSPS) is 21.9. The third kappa shape index (κ3) is 4.27. The maximum absolute atomic E-state index is 12.6. The topological polar surface area (TPSA) is 58.6 Å². The van der Waals surface area contributed by atoms with Gasteiger partial charge in [0.1, 0.15) is 5.75 Å². The van der Waals surface area contributed by atoms with Crippen LogP contribution in [0.1, 0.15) is 44.9 Å². The molecule has 0 aromatic heterocycles. The number of halogens is 1. The lowest BCUT2D eigenvalue weighted by atomic mass is 10.1. The van der Waals surface area contributed by atoms with Gasteiger partial charge in [0.25, 0.3) is 0 Å². The molecule has 0 bridgehead atoms. The molecule has 1 heterocycles. The van der Waals surface area contributed by atoms with Crippen LogP contribution in [0.15, 0.2) is 18.2 Å². The molecule has 0 spiro atoms. The highest BCUT2D eigenvalue weighted by Crippen LogP contribution is 2.30. The summed E-state index contributed by atoms with van der Waals surface area (Å²) in [5, 5.41) is 3.32. The van der Waals surface area contributed by atoms with E-state index in [-0.39, 0.29) is 17.7 Å². The van der Waals surface area contributed by atoms with Gasteiger partial charge < -0.3 is 15.0 Å². The van der Waals surface area contributed by atoms with Gasteiger partial charge in [0, 0.05) is 24.7 Å². The second-order valence-electron chi connectivity index (χ2n) is 6.93. The predicted octanol–water partition coefficient (Wildman–Crippen LogP) is 3.86. The molecule has 1 aromatic rings. The van der Waals surface area contributed by atoms with E-state index in [0.717, 1.165) is 12.8 Å². The summed E-state index contributed by atoms with van der Waals surface area (Å²) in [6.07, 6.45) is 7.28. The van der Waals surface area contributed by atoms with E-state index in [0.29, 0.717) is 35.5 Å². The highest BCUT2D eigenvalue weighted by molar-refractivity contribution is 6.32. The number of methoxy groups -OCH3 is 1. The van der Waals surface area contributed by atoms with Gasteiger partial charge in [0.05, 0.1) is 18.1 Å². The summed E-state index contributed by atoms with van der Waals surface area (Å²) in [6.45, 7) is 0.527. The summed E-state index contributed by atoms with van der Waals surface area (Å²) >= 11 is 6.10. The minimum Gasteiger partial charge on any atom is -0.495 e. The standard InChI is InChI=1S/C19H25ClN2O3/c1-25-17-9-8-14(11-16(17)20)21-19(24)13-10-18(23)22(12-13)15-6-4-2-3-5-7-15/h8-9,11,13,15H,2-7,10,12H2,1H3,(H,21,24). The Morgan fingerprint density at radius 3 is 2.60 bits per heavy atom. The number of carbonyl (C=O) groups excluding carboxylic acids is 2. The molecule has 0 radical (unpaired) electrons. The van der Waals surface area contributed by atoms with Crippen molar-refractivity contribution in [2.75, 3.05) is 19.0 Å². The molecule has 1 saturated carbocycles. The zero-order chi connectivity index (χ0) is 17.8. The van der Waals surface area contributed by atoms with Crippen LogP contribution < -0.4 is 10.1 Å². The third-order valence-electron chi connectivity index (χ3n) is 5.21. The molecule has 1 aliphatic carbocycles. The summed E-state index contributed by atoms with van der Waals surface area (Å²) in [4.78, 5) is 26.9. The lowest BCUT2D eigenvalue weighted by molar-refractivity contribution is -0.130. The van der Waals surface area contributed by atoms with Gasteiger partial charge in [-0.15, -0.1) is 0 Å². The number of hydrogen-bond donors (Lipinski definition) is 1. The average Bonchev–Trinajstić information content (AvgIpc) is 2.81. The van der Waals surface area contributed by atoms with Crippen molar-refractivity contribution < 1.29 is 14.3 Å². The van der Waals surface area contributed by atoms with Crippen LogP contribution in [-0.2, 0) is 9.59 Å². The molecule has 1 N–H and O–H groups in total. The Bertz CT molecular complexity index is 642. The fraction of sp³-hybridized carbons (Fsp3) is 0.579. The van der Waals surface area contributed by atoms with Gasteiger partial charge in [-0.2, -0.15) is 0 Å². The van der Waals surface area contributed by atoms with Crippen LogP contribution in [0.4, 0.5) is 5.69 Å². The molecule has 6 heteroatoms. The van der Waals surface area contributed by atoms with E-state index in [4.69, 9.17) is 16.3 Å². The van der Waals surface area contributed by atoms with Crippen LogP contribution in [-0.4, -0.2) is 36.4 Å². The molecule has 3 rings (SSSR count). The van der Waals surface area contributed by atoms with Crippen molar-refractivity contribution in [3.63, 3.8) is 0 Å². The molecule has 2 amide bonds. The van der Waals surface area contributed by atoms with Crippen molar-refractivity contribution in [1.82, 2.24) is 4.90 Å². The Kier molecular flexibility index (Phi) is 5.84. The molecule has 5 nitrogen and oxygen atoms in total. The predicted molar refractivity (Wildman–Crippen MR) is 97.9 cm³/mol. The van der Waals surface area contributed by atoms with E-state index in [1.165, 1.54) is 25.7 Å². The molecule has 1 atom stereocenters. The molecule has 136 valence electrons. The number of rotatable bonds is 4. The zero-order valence-corrected chi connectivity index (χ0v) is 15.3. The summed E-state index contributed by atoms with van der Waals surface area (Å²) in [7, 11) is 1.55. The summed E-state index contributed by atoms with van der Waals surface area (Å²) in [6, 6.07) is 5.44. The van der Waals surface area contributed by atoms with Gasteiger partial charge >= 0.3 is 0 Å². The monoisotopic (exact) mass is 364 g/mol. The van der Waals surface area contributed by atoms with Gasteiger partial charge in [-0.1, -0.05) is 37.3 Å². The Balaban J connectivity index is 1.61. The van der Waals surface area contributed by atoms with Crippen LogP contribution >= 0.6 is 11.6 Å². The van der Waals surface area contributed by atoms with Gasteiger partial charge in [-0.3, -0.25) is 9.59 Å². The number of hydrogen-bond acceptors (Lipinski definition) is 3. The van der Waals surface area contributed by atoms with Crippen molar-refractivity contribution in [3.8, 4) is 5.75 Å². The molecule has 2 fully saturated rings. The van der Waals surface area contributed by atoms with E-state index in [1.54, 1.807) is 25.3 Å². The van der Waals surface area contributed by atoms with Crippen molar-refractivity contribution in [1.29, 1.82) is 0 Å². The number of carbonyl (C=O) groups is 2. The van der Waals surface area contributed by atoms with E-state index in [1.807, 2.05) is 4.90 Å². The van der Waals surface area contributed by atoms with Crippen LogP contribution in [0, 0.1) is 5.92 Å². The molecule has 1 aromatic carbocycles. The molecular weight excluding hydrogens is 340 g/mol. The van der Waals surface area contributed by atoms with Crippen LogP contribution in [0.25, 0.3) is 0 Å². The zero-order valence-electron chi connectivity index (χ0n) is 14.6. The van der Waals surface area contributed by atoms with E-state index in [9.17, 15) is 9.59 Å². The van der Waals surface area contributed by atoms with E-state index >= 15 is 0 Å². The number of benzene rings is 1. The van der Waals surface area contributed by atoms with Crippen molar-refractivity contribution in [3.05, 3.63) is 23.2 Å². The smallest absolute Gasteiger partial charge is 0.229 e. The number of nitrogens with one attached hydrogen (secondary N) is 1. The lowest BCUT2D eigenvalue weighted by Gasteiger charge is -2.27. The first-order valence-electron chi connectivity index (χ1n) is 9.02. The number of nitrogens with zero attached hydrogens (tertiary/aromatic N) is 1. The van der Waals surface area contributed by atoms with Crippen LogP contribution in [0.2, 0.25) is 5.02 Å². The van der Waals surface area contributed by atoms with Crippen LogP contribution in [0.3, 0.4) is 0 Å². The van der Waals surface area contributed by atoms with Crippen molar-refractivity contribution in [2.45, 2.75) is 51.0 Å².